The molecule has 0 spiro atoms. The third kappa shape index (κ3) is 1.58. The number of hydrogen-bond donors (Lipinski definition) is 0. The van der Waals surface area contributed by atoms with Crippen LogP contribution >= 0.6 is 0 Å². The molecule has 3 nitrogen and oxygen atoms in total. The second kappa shape index (κ2) is 3.57. The maximum absolute atomic E-state index is 5.96. The molecule has 15 heavy (non-hydrogen) atoms. The first-order valence-corrected chi connectivity index (χ1v) is 5.52. The lowest BCUT2D eigenvalue weighted by Gasteiger charge is -2.13. The molecule has 0 amide bonds. The van der Waals surface area contributed by atoms with E-state index in [2.05, 4.69) is 4.98 Å². The smallest absolute Gasteiger partial charge is 0.179 e. The van der Waals surface area contributed by atoms with Crippen molar-refractivity contribution in [3.8, 4) is 5.75 Å². The number of fused-ring (bicyclic) bond motifs is 1. The van der Waals surface area contributed by atoms with Crippen molar-refractivity contribution >= 4 is 5.65 Å². The highest BCUT2D eigenvalue weighted by Crippen LogP contribution is 2.26. The standard InChI is InChI=1S/C12H14N2O/c1-2-5-10(4-1)15-11-6-3-8-14-9-7-13-12(11)14/h3,6-10H,1-2,4-5H2. The van der Waals surface area contributed by atoms with Crippen molar-refractivity contribution in [1.29, 1.82) is 0 Å². The molecule has 1 fully saturated rings. The van der Waals surface area contributed by atoms with E-state index in [0.29, 0.717) is 6.10 Å². The van der Waals surface area contributed by atoms with E-state index in [0.717, 1.165) is 11.4 Å². The Kier molecular flexibility index (Phi) is 2.09. The summed E-state index contributed by atoms with van der Waals surface area (Å²) >= 11 is 0. The SMILES string of the molecule is c1cc(OC2CCCC2)c2nccn2c1. The molecule has 0 saturated heterocycles. The highest BCUT2D eigenvalue weighted by molar-refractivity contribution is 5.53. The number of nitrogens with zero attached hydrogens (tertiary/aromatic N) is 2. The molecule has 0 bridgehead atoms. The summed E-state index contributed by atoms with van der Waals surface area (Å²) in [5.74, 6) is 0.911. The summed E-state index contributed by atoms with van der Waals surface area (Å²) in [6.45, 7) is 0. The van der Waals surface area contributed by atoms with Gasteiger partial charge in [0.1, 0.15) is 0 Å². The van der Waals surface area contributed by atoms with Crippen LogP contribution in [0.2, 0.25) is 0 Å². The summed E-state index contributed by atoms with van der Waals surface area (Å²) < 4.78 is 7.95. The van der Waals surface area contributed by atoms with Crippen molar-refractivity contribution in [2.75, 3.05) is 0 Å². The van der Waals surface area contributed by atoms with E-state index in [1.54, 1.807) is 6.20 Å². The lowest BCUT2D eigenvalue weighted by Crippen LogP contribution is -2.11. The molecular formula is C12H14N2O. The van der Waals surface area contributed by atoms with Crippen LogP contribution in [0.1, 0.15) is 25.7 Å². The largest absolute Gasteiger partial charge is 0.487 e. The molecule has 0 atom stereocenters. The molecule has 0 N–H and O–H groups in total. The summed E-state index contributed by atoms with van der Waals surface area (Å²) in [5, 5.41) is 0. The Labute approximate surface area is 88.7 Å². The summed E-state index contributed by atoms with van der Waals surface area (Å²) in [5.41, 5.74) is 0.921. The highest BCUT2D eigenvalue weighted by Gasteiger charge is 2.17. The minimum absolute atomic E-state index is 0.396. The van der Waals surface area contributed by atoms with Crippen LogP contribution in [0, 0.1) is 0 Å². The Morgan fingerprint density at radius 1 is 1.27 bits per heavy atom. The zero-order valence-corrected chi connectivity index (χ0v) is 8.60. The second-order valence-corrected chi connectivity index (χ2v) is 4.05. The Morgan fingerprint density at radius 2 is 2.13 bits per heavy atom. The van der Waals surface area contributed by atoms with E-state index >= 15 is 0 Å². The van der Waals surface area contributed by atoms with E-state index in [4.69, 9.17) is 4.74 Å². The monoisotopic (exact) mass is 202 g/mol. The first-order chi connectivity index (χ1) is 7.43. The number of hydrogen-bond acceptors (Lipinski definition) is 2. The van der Waals surface area contributed by atoms with E-state index < -0.39 is 0 Å². The molecule has 0 radical (unpaired) electrons. The summed E-state index contributed by atoms with van der Waals surface area (Å²) in [6, 6.07) is 4.00. The van der Waals surface area contributed by atoms with Gasteiger partial charge in [-0.2, -0.15) is 0 Å². The molecule has 78 valence electrons. The van der Waals surface area contributed by atoms with Crippen molar-refractivity contribution in [2.24, 2.45) is 0 Å². The molecule has 3 rings (SSSR count). The Bertz CT molecular complexity index is 457. The van der Waals surface area contributed by atoms with E-state index in [9.17, 15) is 0 Å². The average Bonchev–Trinajstić information content (AvgIpc) is 2.87. The van der Waals surface area contributed by atoms with Crippen LogP contribution in [0.5, 0.6) is 5.75 Å². The van der Waals surface area contributed by atoms with Gasteiger partial charge in [-0.25, -0.2) is 4.98 Å². The van der Waals surface area contributed by atoms with Crippen molar-refractivity contribution in [1.82, 2.24) is 9.38 Å². The molecule has 2 aromatic heterocycles. The zero-order valence-electron chi connectivity index (χ0n) is 8.60. The van der Waals surface area contributed by atoms with Crippen LogP contribution < -0.4 is 4.74 Å². The van der Waals surface area contributed by atoms with Crippen LogP contribution in [0.3, 0.4) is 0 Å². The lowest BCUT2D eigenvalue weighted by atomic mass is 10.3. The predicted molar refractivity (Wildman–Crippen MR) is 58.1 cm³/mol. The maximum atomic E-state index is 5.96. The molecule has 0 unspecified atom stereocenters. The average molecular weight is 202 g/mol. The van der Waals surface area contributed by atoms with E-state index in [1.165, 1.54) is 25.7 Å². The third-order valence-electron chi connectivity index (χ3n) is 2.98. The molecule has 2 heterocycles. The fraction of sp³-hybridized carbons (Fsp3) is 0.417. The normalized spacial score (nSPS) is 17.3. The quantitative estimate of drug-likeness (QED) is 0.748. The van der Waals surface area contributed by atoms with Crippen LogP contribution in [0.15, 0.2) is 30.7 Å². The first-order valence-electron chi connectivity index (χ1n) is 5.52. The molecule has 2 aromatic rings. The molecule has 0 aliphatic heterocycles. The Morgan fingerprint density at radius 3 is 3.00 bits per heavy atom. The summed E-state index contributed by atoms with van der Waals surface area (Å²) in [7, 11) is 0. The molecule has 1 aliphatic carbocycles. The molecule has 1 saturated carbocycles. The van der Waals surface area contributed by atoms with Gasteiger partial charge in [0.05, 0.1) is 6.10 Å². The van der Waals surface area contributed by atoms with Gasteiger partial charge in [0, 0.05) is 18.6 Å². The molecule has 3 heteroatoms. The van der Waals surface area contributed by atoms with Gasteiger partial charge in [-0.3, -0.25) is 0 Å². The number of rotatable bonds is 2. The second-order valence-electron chi connectivity index (χ2n) is 4.05. The van der Waals surface area contributed by atoms with Gasteiger partial charge in [0.2, 0.25) is 0 Å². The molecule has 1 aliphatic rings. The summed E-state index contributed by atoms with van der Waals surface area (Å²) in [6.07, 6.45) is 11.1. The van der Waals surface area contributed by atoms with Gasteiger partial charge in [0.25, 0.3) is 0 Å². The number of imidazole rings is 1. The zero-order chi connectivity index (χ0) is 10.1. The number of pyridine rings is 1. The maximum Gasteiger partial charge on any atom is 0.179 e. The van der Waals surface area contributed by atoms with Crippen molar-refractivity contribution in [3.63, 3.8) is 0 Å². The van der Waals surface area contributed by atoms with Gasteiger partial charge < -0.3 is 9.14 Å². The van der Waals surface area contributed by atoms with Gasteiger partial charge in [-0.15, -0.1) is 0 Å². The fourth-order valence-corrected chi connectivity index (χ4v) is 2.20. The van der Waals surface area contributed by atoms with Crippen LogP contribution in [-0.2, 0) is 0 Å². The Balaban J connectivity index is 1.92. The van der Waals surface area contributed by atoms with E-state index in [1.807, 2.05) is 28.9 Å². The molecular weight excluding hydrogens is 188 g/mol. The van der Waals surface area contributed by atoms with E-state index in [-0.39, 0.29) is 0 Å². The van der Waals surface area contributed by atoms with Gasteiger partial charge >= 0.3 is 0 Å². The van der Waals surface area contributed by atoms with Crippen molar-refractivity contribution in [2.45, 2.75) is 31.8 Å². The van der Waals surface area contributed by atoms with Crippen LogP contribution in [0.25, 0.3) is 5.65 Å². The minimum atomic E-state index is 0.396. The van der Waals surface area contributed by atoms with Crippen molar-refractivity contribution in [3.05, 3.63) is 30.7 Å². The third-order valence-corrected chi connectivity index (χ3v) is 2.98. The first kappa shape index (κ1) is 8.77. The Hall–Kier alpha value is -1.51. The van der Waals surface area contributed by atoms with Crippen LogP contribution in [0.4, 0.5) is 0 Å². The van der Waals surface area contributed by atoms with Crippen molar-refractivity contribution < 1.29 is 4.74 Å². The predicted octanol–water partition coefficient (Wildman–Crippen LogP) is 2.66. The topological polar surface area (TPSA) is 26.5 Å². The fourth-order valence-electron chi connectivity index (χ4n) is 2.20. The molecule has 0 aromatic carbocycles. The highest BCUT2D eigenvalue weighted by atomic mass is 16.5. The van der Waals surface area contributed by atoms with Crippen LogP contribution in [-0.4, -0.2) is 15.5 Å². The minimum Gasteiger partial charge on any atom is -0.487 e. The van der Waals surface area contributed by atoms with Gasteiger partial charge in [-0.1, -0.05) is 0 Å². The summed E-state index contributed by atoms with van der Waals surface area (Å²) in [4.78, 5) is 4.30. The van der Waals surface area contributed by atoms with Gasteiger partial charge in [0.15, 0.2) is 11.4 Å². The van der Waals surface area contributed by atoms with Gasteiger partial charge in [-0.05, 0) is 37.8 Å². The lowest BCUT2D eigenvalue weighted by molar-refractivity contribution is 0.211. The number of aromatic nitrogens is 2. The number of ether oxygens (including phenoxy) is 1.